The van der Waals surface area contributed by atoms with E-state index in [2.05, 4.69) is 17.2 Å². The molecule has 1 aliphatic heterocycles. The third-order valence-corrected chi connectivity index (χ3v) is 6.54. The summed E-state index contributed by atoms with van der Waals surface area (Å²) in [5.41, 5.74) is 1.01. The predicted molar refractivity (Wildman–Crippen MR) is 132 cm³/mol. The smallest absolute Gasteiger partial charge is 0.410 e. The van der Waals surface area contributed by atoms with E-state index < -0.39 is 17.6 Å². The van der Waals surface area contributed by atoms with Gasteiger partial charge in [0.15, 0.2) is 0 Å². The molecule has 2 aromatic rings. The molecule has 2 fully saturated rings. The molecular weight excluding hydrogens is 464 g/mol. The van der Waals surface area contributed by atoms with Gasteiger partial charge in [0.05, 0.1) is 22.7 Å². The minimum atomic E-state index is -0.740. The summed E-state index contributed by atoms with van der Waals surface area (Å²) >= 11 is 0. The molecule has 1 saturated heterocycles. The van der Waals surface area contributed by atoms with Crippen LogP contribution >= 0.6 is 0 Å². The zero-order chi connectivity index (χ0) is 26.2. The number of aryl methyl sites for hydroxylation is 1. The quantitative estimate of drug-likeness (QED) is 0.513. The van der Waals surface area contributed by atoms with Crippen molar-refractivity contribution in [3.05, 3.63) is 34.2 Å². The predicted octanol–water partition coefficient (Wildman–Crippen LogP) is 2.08. The summed E-state index contributed by atoms with van der Waals surface area (Å²) in [7, 11) is 3.38. The second-order valence-corrected chi connectivity index (χ2v) is 10.3. The Morgan fingerprint density at radius 2 is 1.94 bits per heavy atom. The number of aromatic nitrogens is 2. The van der Waals surface area contributed by atoms with E-state index in [-0.39, 0.29) is 49.3 Å². The highest BCUT2D eigenvalue weighted by atomic mass is 16.6. The second-order valence-electron chi connectivity index (χ2n) is 10.3. The van der Waals surface area contributed by atoms with Crippen molar-refractivity contribution in [2.45, 2.75) is 70.2 Å². The number of nitrogens with one attached hydrogen (secondary N) is 1. The number of piperidine rings is 1. The number of benzene rings is 1. The molecule has 1 aliphatic carbocycles. The monoisotopic (exact) mass is 496 g/mol. The average Bonchev–Trinajstić information content (AvgIpc) is 3.02. The fraction of sp³-hybridized carbons (Fsp3) is 0.538. The first-order chi connectivity index (χ1) is 17.0. The van der Waals surface area contributed by atoms with Gasteiger partial charge in [0.1, 0.15) is 18.2 Å². The van der Waals surface area contributed by atoms with Crippen LogP contribution in [0, 0.1) is 11.8 Å². The number of amides is 3. The Morgan fingerprint density at radius 3 is 2.61 bits per heavy atom. The Kier molecular flexibility index (Phi) is 6.96. The van der Waals surface area contributed by atoms with E-state index in [0.29, 0.717) is 16.6 Å². The Morgan fingerprint density at radius 1 is 1.22 bits per heavy atom. The summed E-state index contributed by atoms with van der Waals surface area (Å²) in [6.07, 6.45) is 1.58. The third kappa shape index (κ3) is 5.16. The number of imidazole rings is 1. The zero-order valence-corrected chi connectivity index (χ0v) is 21.3. The van der Waals surface area contributed by atoms with Crippen LogP contribution in [0.4, 0.5) is 4.79 Å². The lowest BCUT2D eigenvalue weighted by molar-refractivity contribution is -0.135. The number of para-hydroxylation sites is 1. The van der Waals surface area contributed by atoms with Crippen molar-refractivity contribution < 1.29 is 23.9 Å². The van der Waals surface area contributed by atoms with Gasteiger partial charge in [-0.15, -0.1) is 0 Å². The van der Waals surface area contributed by atoms with Gasteiger partial charge in [0.25, 0.3) is 0 Å². The highest BCUT2D eigenvalue weighted by molar-refractivity contribution is 6.00. The SMILES string of the molecule is Cn1c(=O)n(C2CCC(=O)NC2=O)c2cccc(C#CCO[C@H]3C[C@H](N(C)C(=O)OC(C)(C)C)C3)c21. The molecule has 1 aromatic carbocycles. The molecule has 10 nitrogen and oxygen atoms in total. The maximum Gasteiger partial charge on any atom is 0.410 e. The van der Waals surface area contributed by atoms with Gasteiger partial charge in [-0.05, 0) is 52.2 Å². The van der Waals surface area contributed by atoms with Gasteiger partial charge in [-0.1, -0.05) is 17.9 Å². The zero-order valence-electron chi connectivity index (χ0n) is 21.3. The summed E-state index contributed by atoms with van der Waals surface area (Å²) < 4.78 is 14.2. The van der Waals surface area contributed by atoms with Gasteiger partial charge in [0.2, 0.25) is 11.8 Å². The van der Waals surface area contributed by atoms with Gasteiger partial charge in [-0.3, -0.25) is 24.0 Å². The van der Waals surface area contributed by atoms with E-state index >= 15 is 0 Å². The van der Waals surface area contributed by atoms with Crippen LogP contribution in [0.1, 0.15) is 58.1 Å². The summed E-state index contributed by atoms with van der Waals surface area (Å²) in [5.74, 6) is 5.30. The van der Waals surface area contributed by atoms with Crippen molar-refractivity contribution in [1.29, 1.82) is 0 Å². The number of carbonyl (C=O) groups is 3. The highest BCUT2D eigenvalue weighted by Gasteiger charge is 2.36. The minimum Gasteiger partial charge on any atom is -0.444 e. The molecule has 1 unspecified atom stereocenters. The Labute approximate surface area is 209 Å². The standard InChI is InChI=1S/C26H32N4O6/c1-26(2,3)36-25(34)28(4)17-14-18(15-17)35-13-7-9-16-8-6-10-19-22(16)29(5)24(33)30(19)20-11-12-21(31)27-23(20)32/h6,8,10,17-18,20H,11-15H2,1-5H3,(H,27,31,32)/t17-,18-,20?. The lowest BCUT2D eigenvalue weighted by Crippen LogP contribution is -2.50. The maximum absolute atomic E-state index is 13.0. The van der Waals surface area contributed by atoms with Gasteiger partial charge < -0.3 is 14.4 Å². The molecule has 3 amide bonds. The van der Waals surface area contributed by atoms with Gasteiger partial charge in [0, 0.05) is 26.6 Å². The Bertz CT molecular complexity index is 1320. The first-order valence-electron chi connectivity index (χ1n) is 12.1. The molecule has 2 aliphatic rings. The lowest BCUT2D eigenvalue weighted by atomic mass is 9.88. The van der Waals surface area contributed by atoms with Crippen molar-refractivity contribution in [1.82, 2.24) is 19.4 Å². The molecule has 0 radical (unpaired) electrons. The van der Waals surface area contributed by atoms with E-state index in [9.17, 15) is 19.2 Å². The van der Waals surface area contributed by atoms with E-state index in [4.69, 9.17) is 9.47 Å². The molecule has 2 heterocycles. The van der Waals surface area contributed by atoms with E-state index in [0.717, 1.165) is 12.8 Å². The topological polar surface area (TPSA) is 112 Å². The molecular formula is C26H32N4O6. The molecule has 36 heavy (non-hydrogen) atoms. The molecule has 1 aromatic heterocycles. The normalized spacial score (nSPS) is 21.9. The third-order valence-electron chi connectivity index (χ3n) is 6.54. The van der Waals surface area contributed by atoms with Crippen LogP contribution < -0.4 is 11.0 Å². The number of fused-ring (bicyclic) bond motifs is 1. The van der Waals surface area contributed by atoms with E-state index in [1.54, 1.807) is 31.1 Å². The fourth-order valence-corrected chi connectivity index (χ4v) is 4.53. The van der Waals surface area contributed by atoms with E-state index in [1.807, 2.05) is 26.8 Å². The van der Waals surface area contributed by atoms with Crippen LogP contribution in [-0.2, 0) is 26.1 Å². The molecule has 0 bridgehead atoms. The lowest BCUT2D eigenvalue weighted by Gasteiger charge is -2.40. The van der Waals surface area contributed by atoms with Crippen molar-refractivity contribution in [2.24, 2.45) is 7.05 Å². The highest BCUT2D eigenvalue weighted by Crippen LogP contribution is 2.29. The van der Waals surface area contributed by atoms with Crippen LogP contribution in [0.5, 0.6) is 0 Å². The minimum absolute atomic E-state index is 0.0166. The average molecular weight is 497 g/mol. The fourth-order valence-electron chi connectivity index (χ4n) is 4.53. The first kappa shape index (κ1) is 25.5. The maximum atomic E-state index is 13.0. The molecule has 0 spiro atoms. The molecule has 1 atom stereocenters. The molecule has 4 rings (SSSR count). The second kappa shape index (κ2) is 9.82. The van der Waals surface area contributed by atoms with Gasteiger partial charge >= 0.3 is 11.8 Å². The van der Waals surface area contributed by atoms with Crippen molar-refractivity contribution in [3.8, 4) is 11.8 Å². The van der Waals surface area contributed by atoms with Crippen LogP contribution in [0.25, 0.3) is 11.0 Å². The Balaban J connectivity index is 1.40. The molecule has 192 valence electrons. The number of nitrogens with zero attached hydrogens (tertiary/aromatic N) is 3. The number of hydrogen-bond donors (Lipinski definition) is 1. The largest absolute Gasteiger partial charge is 0.444 e. The summed E-state index contributed by atoms with van der Waals surface area (Å²) in [4.78, 5) is 50.7. The number of rotatable bonds is 4. The summed E-state index contributed by atoms with van der Waals surface area (Å²) in [5, 5.41) is 2.31. The number of imide groups is 1. The van der Waals surface area contributed by atoms with Gasteiger partial charge in [-0.2, -0.15) is 0 Å². The summed E-state index contributed by atoms with van der Waals surface area (Å²) in [6, 6.07) is 4.72. The van der Waals surface area contributed by atoms with E-state index in [1.165, 1.54) is 9.13 Å². The number of ether oxygens (including phenoxy) is 2. The van der Waals surface area contributed by atoms with Crippen molar-refractivity contribution in [3.63, 3.8) is 0 Å². The first-order valence-corrected chi connectivity index (χ1v) is 12.1. The van der Waals surface area contributed by atoms with Gasteiger partial charge in [-0.25, -0.2) is 9.59 Å². The summed E-state index contributed by atoms with van der Waals surface area (Å²) in [6.45, 7) is 5.73. The van der Waals surface area contributed by atoms with Crippen molar-refractivity contribution in [2.75, 3.05) is 13.7 Å². The van der Waals surface area contributed by atoms with Crippen LogP contribution in [0.2, 0.25) is 0 Å². The molecule has 1 saturated carbocycles. The van der Waals surface area contributed by atoms with Crippen molar-refractivity contribution >= 4 is 28.9 Å². The van der Waals surface area contributed by atoms with Crippen LogP contribution in [-0.4, -0.2) is 63.3 Å². The number of carbonyl (C=O) groups excluding carboxylic acids is 3. The van der Waals surface area contributed by atoms with Crippen LogP contribution in [0.3, 0.4) is 0 Å². The Hall–Kier alpha value is -3.58. The molecule has 1 N–H and O–H groups in total. The number of hydrogen-bond acceptors (Lipinski definition) is 6. The molecule has 10 heteroatoms. The van der Waals surface area contributed by atoms with Crippen LogP contribution in [0.15, 0.2) is 23.0 Å².